The Hall–Kier alpha value is -2.55. The van der Waals surface area contributed by atoms with Crippen molar-refractivity contribution in [2.45, 2.75) is 25.2 Å². The lowest BCUT2D eigenvalue weighted by Crippen LogP contribution is -2.30. The van der Waals surface area contributed by atoms with E-state index >= 15 is 0 Å². The molecule has 3 rings (SSSR count). The van der Waals surface area contributed by atoms with Crippen LogP contribution in [0.4, 0.5) is 5.69 Å². The lowest BCUT2D eigenvalue weighted by atomic mass is 10.1. The number of carbonyl (C=O) groups is 1. The van der Waals surface area contributed by atoms with Gasteiger partial charge in [0.1, 0.15) is 10.6 Å². The molecule has 2 aromatic carbocycles. The minimum atomic E-state index is -3.75. The standard InChI is InChI=1S/C21H24ClN3O4S/c1-4-25(5-2)30(27,28)20-11-15(6-8-18(20)22)24-21(26)10-14-13-23-19-9-7-16(29-3)12-17(14)19/h6-9,11-13,23H,4-5,10H2,1-3H3,(H,24,26). The SMILES string of the molecule is CCN(CC)S(=O)(=O)c1cc(NC(=O)Cc2c[nH]c3ccc(OC)cc23)ccc1Cl. The van der Waals surface area contributed by atoms with Crippen LogP contribution < -0.4 is 10.1 Å². The molecule has 1 aromatic heterocycles. The second kappa shape index (κ2) is 9.07. The number of H-pyrrole nitrogens is 1. The van der Waals surface area contributed by atoms with Gasteiger partial charge in [0.15, 0.2) is 0 Å². The molecule has 0 spiro atoms. The molecule has 0 unspecified atom stereocenters. The fraction of sp³-hybridized carbons (Fsp3) is 0.286. The summed E-state index contributed by atoms with van der Waals surface area (Å²) in [6, 6.07) is 10.1. The van der Waals surface area contributed by atoms with E-state index in [9.17, 15) is 13.2 Å². The van der Waals surface area contributed by atoms with Gasteiger partial charge in [0.05, 0.1) is 18.6 Å². The number of sulfonamides is 1. The molecule has 1 heterocycles. The molecule has 0 saturated heterocycles. The first-order chi connectivity index (χ1) is 14.3. The van der Waals surface area contributed by atoms with Gasteiger partial charge in [-0.15, -0.1) is 0 Å². The predicted molar refractivity (Wildman–Crippen MR) is 119 cm³/mol. The molecule has 9 heteroatoms. The summed E-state index contributed by atoms with van der Waals surface area (Å²) in [6.45, 7) is 4.18. The van der Waals surface area contributed by atoms with Crippen LogP contribution in [0.1, 0.15) is 19.4 Å². The van der Waals surface area contributed by atoms with Gasteiger partial charge in [-0.2, -0.15) is 4.31 Å². The summed E-state index contributed by atoms with van der Waals surface area (Å²) in [6.07, 6.45) is 1.90. The Bertz CT molecular complexity index is 1170. The van der Waals surface area contributed by atoms with Gasteiger partial charge in [0.25, 0.3) is 0 Å². The monoisotopic (exact) mass is 449 g/mol. The number of nitrogens with one attached hydrogen (secondary N) is 2. The number of hydrogen-bond donors (Lipinski definition) is 2. The molecule has 0 aliphatic carbocycles. The summed E-state index contributed by atoms with van der Waals surface area (Å²) >= 11 is 6.15. The first-order valence-electron chi connectivity index (χ1n) is 9.53. The zero-order valence-electron chi connectivity index (χ0n) is 17.0. The van der Waals surface area contributed by atoms with Crippen molar-refractivity contribution < 1.29 is 17.9 Å². The van der Waals surface area contributed by atoms with Crippen LogP contribution in [0.3, 0.4) is 0 Å². The topological polar surface area (TPSA) is 91.5 Å². The lowest BCUT2D eigenvalue weighted by molar-refractivity contribution is -0.115. The van der Waals surface area contributed by atoms with Crippen molar-refractivity contribution in [2.24, 2.45) is 0 Å². The van der Waals surface area contributed by atoms with E-state index in [-0.39, 0.29) is 22.2 Å². The molecule has 0 aliphatic rings. The van der Waals surface area contributed by atoms with Crippen LogP contribution in [-0.2, 0) is 21.2 Å². The van der Waals surface area contributed by atoms with Crippen LogP contribution in [0.5, 0.6) is 5.75 Å². The summed E-state index contributed by atoms with van der Waals surface area (Å²) in [7, 11) is -2.16. The van der Waals surface area contributed by atoms with Crippen molar-refractivity contribution in [1.82, 2.24) is 9.29 Å². The summed E-state index contributed by atoms with van der Waals surface area (Å²) in [4.78, 5) is 15.7. The number of nitrogens with zero attached hydrogens (tertiary/aromatic N) is 1. The zero-order chi connectivity index (χ0) is 21.9. The van der Waals surface area contributed by atoms with E-state index in [4.69, 9.17) is 16.3 Å². The summed E-state index contributed by atoms with van der Waals surface area (Å²) in [5.41, 5.74) is 2.08. The molecule has 160 valence electrons. The van der Waals surface area contributed by atoms with Crippen molar-refractivity contribution in [2.75, 3.05) is 25.5 Å². The van der Waals surface area contributed by atoms with Crippen LogP contribution in [-0.4, -0.2) is 43.8 Å². The van der Waals surface area contributed by atoms with Crippen LogP contribution in [0.25, 0.3) is 10.9 Å². The zero-order valence-corrected chi connectivity index (χ0v) is 18.6. The first kappa shape index (κ1) is 22.1. The molecule has 0 saturated carbocycles. The van der Waals surface area contributed by atoms with E-state index in [1.165, 1.54) is 16.4 Å². The molecule has 7 nitrogen and oxygen atoms in total. The number of ether oxygens (including phenoxy) is 1. The molecule has 0 aliphatic heterocycles. The van der Waals surface area contributed by atoms with Gasteiger partial charge in [0, 0.05) is 35.9 Å². The second-order valence-electron chi connectivity index (χ2n) is 6.68. The van der Waals surface area contributed by atoms with Crippen LogP contribution in [0.15, 0.2) is 47.5 Å². The molecule has 1 amide bonds. The Kier molecular flexibility index (Phi) is 6.70. The van der Waals surface area contributed by atoms with Gasteiger partial charge < -0.3 is 15.0 Å². The molecule has 0 fully saturated rings. The summed E-state index contributed by atoms with van der Waals surface area (Å²) in [5.74, 6) is 0.430. The number of fused-ring (bicyclic) bond motifs is 1. The Morgan fingerprint density at radius 3 is 2.57 bits per heavy atom. The normalized spacial score (nSPS) is 11.8. The van der Waals surface area contributed by atoms with Gasteiger partial charge >= 0.3 is 0 Å². The largest absolute Gasteiger partial charge is 0.497 e. The number of aromatic amines is 1. The van der Waals surface area contributed by atoms with E-state index in [1.54, 1.807) is 33.2 Å². The maximum atomic E-state index is 12.8. The molecule has 0 bridgehead atoms. The average molecular weight is 450 g/mol. The highest BCUT2D eigenvalue weighted by molar-refractivity contribution is 7.89. The molecule has 30 heavy (non-hydrogen) atoms. The van der Waals surface area contributed by atoms with Crippen molar-refractivity contribution in [3.63, 3.8) is 0 Å². The Balaban J connectivity index is 1.83. The minimum absolute atomic E-state index is 0.0255. The number of anilines is 1. The number of benzene rings is 2. The van der Waals surface area contributed by atoms with Crippen molar-refractivity contribution in [3.8, 4) is 5.75 Å². The number of rotatable bonds is 8. The number of aromatic nitrogens is 1. The third kappa shape index (κ3) is 4.45. The van der Waals surface area contributed by atoms with Crippen molar-refractivity contribution in [3.05, 3.63) is 53.2 Å². The summed E-state index contributed by atoms with van der Waals surface area (Å²) in [5, 5.41) is 3.77. The highest BCUT2D eigenvalue weighted by atomic mass is 35.5. The number of hydrogen-bond acceptors (Lipinski definition) is 4. The van der Waals surface area contributed by atoms with Gasteiger partial charge in [-0.05, 0) is 42.0 Å². The van der Waals surface area contributed by atoms with Crippen molar-refractivity contribution >= 4 is 44.1 Å². The fourth-order valence-electron chi connectivity index (χ4n) is 3.29. The van der Waals surface area contributed by atoms with Crippen LogP contribution in [0.2, 0.25) is 5.02 Å². The summed E-state index contributed by atoms with van der Waals surface area (Å²) < 4.78 is 32.2. The number of halogens is 1. The fourth-order valence-corrected chi connectivity index (χ4v) is 5.25. The third-order valence-corrected chi connectivity index (χ3v) is 7.40. The van der Waals surface area contributed by atoms with Crippen molar-refractivity contribution in [1.29, 1.82) is 0 Å². The Morgan fingerprint density at radius 2 is 1.90 bits per heavy atom. The maximum Gasteiger partial charge on any atom is 0.244 e. The van der Waals surface area contributed by atoms with E-state index < -0.39 is 10.0 Å². The predicted octanol–water partition coefficient (Wildman–Crippen LogP) is 4.04. The average Bonchev–Trinajstić information content (AvgIpc) is 3.11. The highest BCUT2D eigenvalue weighted by Gasteiger charge is 2.25. The highest BCUT2D eigenvalue weighted by Crippen LogP contribution is 2.28. The van der Waals surface area contributed by atoms with Gasteiger partial charge in [0.2, 0.25) is 15.9 Å². The molecule has 0 radical (unpaired) electrons. The second-order valence-corrected chi connectivity index (χ2v) is 9.00. The van der Waals surface area contributed by atoms with Crippen LogP contribution >= 0.6 is 11.6 Å². The molecular formula is C21H24ClN3O4S. The number of methoxy groups -OCH3 is 1. The Labute approximate surface area is 181 Å². The molecule has 3 aromatic rings. The maximum absolute atomic E-state index is 12.8. The van der Waals surface area contributed by atoms with E-state index in [0.29, 0.717) is 24.5 Å². The number of carbonyl (C=O) groups excluding carboxylic acids is 1. The quantitative estimate of drug-likeness (QED) is 0.542. The molecule has 0 atom stereocenters. The van der Waals surface area contributed by atoms with Gasteiger partial charge in [-0.1, -0.05) is 25.4 Å². The van der Waals surface area contributed by atoms with E-state index in [2.05, 4.69) is 10.3 Å². The van der Waals surface area contributed by atoms with Gasteiger partial charge in [-0.25, -0.2) is 8.42 Å². The molecular weight excluding hydrogens is 426 g/mol. The number of amides is 1. The smallest absolute Gasteiger partial charge is 0.244 e. The van der Waals surface area contributed by atoms with Gasteiger partial charge in [-0.3, -0.25) is 4.79 Å². The first-order valence-corrected chi connectivity index (χ1v) is 11.4. The van der Waals surface area contributed by atoms with Crippen LogP contribution in [0, 0.1) is 0 Å². The van der Waals surface area contributed by atoms with E-state index in [0.717, 1.165) is 16.5 Å². The lowest BCUT2D eigenvalue weighted by Gasteiger charge is -2.19. The Morgan fingerprint density at radius 1 is 1.17 bits per heavy atom. The molecule has 2 N–H and O–H groups in total. The third-order valence-electron chi connectivity index (χ3n) is 4.86. The van der Waals surface area contributed by atoms with E-state index in [1.807, 2.05) is 18.2 Å². The minimum Gasteiger partial charge on any atom is -0.497 e.